The molecule has 10 heavy (non-hydrogen) atoms. The molecule has 0 aromatic rings. The molecule has 0 saturated heterocycles. The second-order valence-electron chi connectivity index (χ2n) is 1.74. The average molecular weight is 180 g/mol. The van der Waals surface area contributed by atoms with Crippen LogP contribution in [0.3, 0.4) is 0 Å². The van der Waals surface area contributed by atoms with Gasteiger partial charge in [-0.05, 0) is 6.92 Å². The molecule has 0 rings (SSSR count). The maximum atomic E-state index is 10.1. The fourth-order valence-corrected chi connectivity index (χ4v) is 0.843. The Labute approximate surface area is 82.0 Å². The Balaban J connectivity index is -0.000000320. The van der Waals surface area contributed by atoms with Gasteiger partial charge in [0, 0.05) is 0 Å². The molecule has 58 valence electrons. The first-order valence-corrected chi connectivity index (χ1v) is 3.95. The molecule has 0 bridgehead atoms. The molecule has 0 aliphatic heterocycles. The Morgan fingerprint density at radius 2 is 1.70 bits per heavy atom. The molecule has 0 aromatic carbocycles. The summed E-state index contributed by atoms with van der Waals surface area (Å²) in [5, 5.41) is 16.9. The first-order chi connectivity index (χ1) is 3.85. The van der Waals surface area contributed by atoms with E-state index in [1.807, 2.05) is 0 Å². The van der Waals surface area contributed by atoms with Crippen LogP contribution in [0.1, 0.15) is 8.35 Å². The van der Waals surface area contributed by atoms with Crippen LogP contribution in [-0.2, 0) is 4.57 Å². The maximum Gasteiger partial charge on any atom is 1.00 e. The molecule has 0 aliphatic carbocycles. The van der Waals surface area contributed by atoms with Crippen LogP contribution < -0.4 is 29.6 Å². The van der Waals surface area contributed by atoms with Gasteiger partial charge in [0.2, 0.25) is 0 Å². The zero-order chi connectivity index (χ0) is 7.65. The molecular weight excluding hydrogens is 170 g/mol. The largest absolute Gasteiger partial charge is 1.00 e. The zero-order valence-corrected chi connectivity index (χ0v) is 8.69. The van der Waals surface area contributed by atoms with E-state index < -0.39 is 19.5 Å². The van der Waals surface area contributed by atoms with E-state index in [0.29, 0.717) is 0 Å². The first-order valence-electron chi connectivity index (χ1n) is 2.27. The van der Waals surface area contributed by atoms with Crippen molar-refractivity contribution in [3.05, 3.63) is 0 Å². The van der Waals surface area contributed by atoms with Gasteiger partial charge in [-0.3, -0.25) is 4.57 Å². The van der Waals surface area contributed by atoms with Crippen LogP contribution in [0, 0.1) is 0 Å². The molecule has 0 heterocycles. The van der Waals surface area contributed by atoms with Crippen LogP contribution in [0.5, 0.6) is 0 Å². The fourth-order valence-electron chi connectivity index (χ4n) is 0.281. The smallest absolute Gasteiger partial charge is 1.00 e. The molecule has 0 saturated carbocycles. The summed E-state index contributed by atoms with van der Waals surface area (Å²) in [5.41, 5.74) is 0. The van der Waals surface area contributed by atoms with Crippen molar-refractivity contribution in [1.82, 2.24) is 0 Å². The van der Waals surface area contributed by atoms with Gasteiger partial charge in [-0.2, -0.15) is 0 Å². The molecule has 0 spiro atoms. The van der Waals surface area contributed by atoms with Crippen LogP contribution in [0.2, 0.25) is 0 Å². The summed E-state index contributed by atoms with van der Waals surface area (Å²) in [6.45, 7) is 1.10. The van der Waals surface area contributed by atoms with Crippen molar-refractivity contribution < 1.29 is 55.5 Å². The summed E-state index contributed by atoms with van der Waals surface area (Å²) in [4.78, 5) is 16.3. The Hall–Kier alpha value is 1.07. The van der Waals surface area contributed by atoms with E-state index in [0.717, 1.165) is 6.92 Å². The predicted octanol–water partition coefficient (Wildman–Crippen LogP) is -4.02. The summed E-state index contributed by atoms with van der Waals surface area (Å²) >= 11 is 0. The maximum absolute atomic E-state index is 10.1. The summed E-state index contributed by atoms with van der Waals surface area (Å²) in [6.07, 6.45) is -1.40. The van der Waals surface area contributed by atoms with Crippen LogP contribution in [0.15, 0.2) is 0 Å². The van der Waals surface area contributed by atoms with Crippen molar-refractivity contribution >= 4 is 7.60 Å². The van der Waals surface area contributed by atoms with Gasteiger partial charge < -0.3 is 21.4 Å². The number of aliphatic hydroxyl groups excluding tert-OH is 2. The Bertz CT molecular complexity index is 136. The van der Waals surface area contributed by atoms with Crippen molar-refractivity contribution in [3.8, 4) is 0 Å². The van der Waals surface area contributed by atoms with Crippen molar-refractivity contribution in [1.29, 1.82) is 0 Å². The quantitative estimate of drug-likeness (QED) is 0.256. The van der Waals surface area contributed by atoms with Crippen molar-refractivity contribution in [3.63, 3.8) is 0 Å². The number of aliphatic hydroxyl groups is 2. The van der Waals surface area contributed by atoms with Gasteiger partial charge in [0.1, 0.15) is 0 Å². The van der Waals surface area contributed by atoms with Gasteiger partial charge in [-0.1, -0.05) is 0 Å². The molecule has 0 radical (unpaired) electrons. The van der Waals surface area contributed by atoms with Gasteiger partial charge in [-0.15, -0.1) is 0 Å². The van der Waals surface area contributed by atoms with Crippen LogP contribution >= 0.6 is 7.60 Å². The van der Waals surface area contributed by atoms with Crippen molar-refractivity contribution in [2.75, 3.05) is 0 Å². The molecule has 2 unspecified atom stereocenters. The van der Waals surface area contributed by atoms with Gasteiger partial charge >= 0.3 is 37.2 Å². The van der Waals surface area contributed by atoms with Gasteiger partial charge in [0.25, 0.3) is 0 Å². The predicted molar refractivity (Wildman–Crippen MR) is 30.8 cm³/mol. The third kappa shape index (κ3) is 4.82. The van der Waals surface area contributed by atoms with Gasteiger partial charge in [0.15, 0.2) is 5.85 Å². The van der Waals surface area contributed by atoms with Crippen molar-refractivity contribution in [2.24, 2.45) is 0 Å². The van der Waals surface area contributed by atoms with E-state index in [2.05, 4.69) is 0 Å². The van der Waals surface area contributed by atoms with Crippen molar-refractivity contribution in [2.45, 2.75) is 18.9 Å². The molecule has 0 aliphatic rings. The topological polar surface area (TPSA) is 98.0 Å². The molecule has 4 N–H and O–H groups in total. The molecule has 0 fully saturated rings. The second-order valence-corrected chi connectivity index (χ2v) is 3.45. The van der Waals surface area contributed by atoms with E-state index in [9.17, 15) is 4.57 Å². The monoisotopic (exact) mass is 180 g/mol. The molecule has 5 nitrogen and oxygen atoms in total. The molecular formula is C3H10NaO5P. The number of hydrogen-bond donors (Lipinski definition) is 4. The number of rotatable bonds is 2. The summed E-state index contributed by atoms with van der Waals surface area (Å²) in [6, 6.07) is 0. The first kappa shape index (κ1) is 13.6. The number of hydrogen-bond acceptors (Lipinski definition) is 3. The average Bonchev–Trinajstić information content (AvgIpc) is 1.62. The molecule has 0 aromatic heterocycles. The molecule has 2 atom stereocenters. The Morgan fingerprint density at radius 1 is 1.40 bits per heavy atom. The molecule has 0 amide bonds. The summed E-state index contributed by atoms with van der Waals surface area (Å²) < 4.78 is 10.1. The summed E-state index contributed by atoms with van der Waals surface area (Å²) in [7, 11) is -4.51. The van der Waals surface area contributed by atoms with E-state index in [1.54, 1.807) is 0 Å². The van der Waals surface area contributed by atoms with E-state index in [1.165, 1.54) is 0 Å². The Kier molecular flexibility index (Phi) is 6.62. The fraction of sp³-hybridized carbons (Fsp3) is 1.00. The van der Waals surface area contributed by atoms with E-state index >= 15 is 0 Å². The Morgan fingerprint density at radius 3 is 1.70 bits per heavy atom. The minimum absolute atomic E-state index is 0. The SMILES string of the molecule is CC(O)C(O)P(=O)(O)O.[H-].[Na+]. The molecule has 7 heteroatoms. The zero-order valence-electron chi connectivity index (χ0n) is 6.80. The van der Waals surface area contributed by atoms with E-state index in [4.69, 9.17) is 20.0 Å². The van der Waals surface area contributed by atoms with Crippen LogP contribution in [0.25, 0.3) is 0 Å². The second kappa shape index (κ2) is 4.85. The van der Waals surface area contributed by atoms with Gasteiger partial charge in [-0.25, -0.2) is 0 Å². The standard InChI is InChI=1S/C3H9O5P.Na.H/c1-2(4)3(5)9(6,7)8;;/h2-5H,1H3,(H2,6,7,8);;/q;+1;-1. The summed E-state index contributed by atoms with van der Waals surface area (Å²) in [5.74, 6) is -1.96. The minimum atomic E-state index is -4.51. The minimum Gasteiger partial charge on any atom is -1.00 e. The van der Waals surface area contributed by atoms with Gasteiger partial charge in [0.05, 0.1) is 6.10 Å². The van der Waals surface area contributed by atoms with E-state index in [-0.39, 0.29) is 31.0 Å². The van der Waals surface area contributed by atoms with Crippen LogP contribution in [0.4, 0.5) is 0 Å². The third-order valence-electron chi connectivity index (χ3n) is 0.776. The third-order valence-corrected chi connectivity index (χ3v) is 1.90. The van der Waals surface area contributed by atoms with Crippen LogP contribution in [-0.4, -0.2) is 31.9 Å². The normalized spacial score (nSPS) is 17.3.